The SMILES string of the molecule is COCC1C[C@H]2[C@H](CC[C@@H]3[C@@H]2CC[C@]2(C)[C@@H](C(C)=O)CC[C@@H]32)CC1(C)O. The number of methoxy groups -OCH3 is 1. The highest BCUT2D eigenvalue weighted by Gasteiger charge is 2.59. The Bertz CT molecular complexity index is 556. The lowest BCUT2D eigenvalue weighted by Gasteiger charge is -2.58. The average Bonchev–Trinajstić information content (AvgIpc) is 2.92. The fraction of sp³-hybridized carbons (Fsp3) is 0.957. The maximum atomic E-state index is 12.2. The predicted octanol–water partition coefficient (Wildman–Crippen LogP) is 4.47. The third kappa shape index (κ3) is 2.80. The number of aliphatic hydroxyl groups is 1. The van der Waals surface area contributed by atoms with Crippen LogP contribution in [0.5, 0.6) is 0 Å². The van der Waals surface area contributed by atoms with Gasteiger partial charge in [-0.2, -0.15) is 0 Å². The molecule has 3 heteroatoms. The molecule has 0 aromatic carbocycles. The van der Waals surface area contributed by atoms with E-state index in [2.05, 4.69) is 6.92 Å². The molecular weight excluding hydrogens is 324 g/mol. The summed E-state index contributed by atoms with van der Waals surface area (Å²) in [6, 6.07) is 0. The number of hydrogen-bond acceptors (Lipinski definition) is 3. The molecule has 4 aliphatic carbocycles. The number of Topliss-reactive ketones (excluding diaryl/α,β-unsaturated/α-hetero) is 1. The molecule has 0 amide bonds. The highest BCUT2D eigenvalue weighted by atomic mass is 16.5. The summed E-state index contributed by atoms with van der Waals surface area (Å²) in [5.41, 5.74) is -0.313. The van der Waals surface area contributed by atoms with Crippen LogP contribution in [0.1, 0.15) is 72.1 Å². The lowest BCUT2D eigenvalue weighted by molar-refractivity contribution is -0.142. The highest BCUT2D eigenvalue weighted by Crippen LogP contribution is 2.65. The summed E-state index contributed by atoms with van der Waals surface area (Å²) in [5, 5.41) is 11.0. The normalized spacial score (nSPS) is 53.5. The minimum Gasteiger partial charge on any atom is -0.390 e. The van der Waals surface area contributed by atoms with Crippen molar-refractivity contribution < 1.29 is 14.6 Å². The van der Waals surface area contributed by atoms with Gasteiger partial charge in [-0.3, -0.25) is 4.79 Å². The minimum atomic E-state index is -0.569. The topological polar surface area (TPSA) is 46.5 Å². The Morgan fingerprint density at radius 3 is 2.54 bits per heavy atom. The van der Waals surface area contributed by atoms with Crippen LogP contribution in [0.4, 0.5) is 0 Å². The molecule has 2 unspecified atom stereocenters. The zero-order chi connectivity index (χ0) is 18.7. The molecule has 4 aliphatic rings. The van der Waals surface area contributed by atoms with Crippen molar-refractivity contribution in [1.82, 2.24) is 0 Å². The number of ketones is 1. The number of carbonyl (C=O) groups is 1. The summed E-state index contributed by atoms with van der Waals surface area (Å²) in [6.45, 7) is 6.96. The van der Waals surface area contributed by atoms with Gasteiger partial charge < -0.3 is 9.84 Å². The second kappa shape index (κ2) is 6.58. The van der Waals surface area contributed by atoms with Gasteiger partial charge in [-0.25, -0.2) is 0 Å². The van der Waals surface area contributed by atoms with E-state index in [0.29, 0.717) is 24.2 Å². The third-order valence-electron chi connectivity index (χ3n) is 9.49. The van der Waals surface area contributed by atoms with Crippen LogP contribution < -0.4 is 0 Å². The van der Waals surface area contributed by atoms with E-state index < -0.39 is 5.60 Å². The smallest absolute Gasteiger partial charge is 0.133 e. The minimum absolute atomic E-state index is 0.256. The van der Waals surface area contributed by atoms with Crippen LogP contribution in [-0.4, -0.2) is 30.2 Å². The largest absolute Gasteiger partial charge is 0.390 e. The molecule has 0 heterocycles. The molecule has 26 heavy (non-hydrogen) atoms. The van der Waals surface area contributed by atoms with Gasteiger partial charge in [0.2, 0.25) is 0 Å². The van der Waals surface area contributed by atoms with Gasteiger partial charge in [0.25, 0.3) is 0 Å². The molecule has 0 aliphatic heterocycles. The van der Waals surface area contributed by atoms with Crippen molar-refractivity contribution in [2.75, 3.05) is 13.7 Å². The standard InChI is InChI=1S/C23H38O3/c1-14(24)20-7-8-21-18-6-5-15-12-23(3,25)16(13-26-4)11-19(15)17(18)9-10-22(20,21)2/h15-21,25H,5-13H2,1-4H3/t15-,16?,17+,18-,19+,20-,21+,22-,23?/m1/s1. The third-order valence-corrected chi connectivity index (χ3v) is 9.49. The van der Waals surface area contributed by atoms with Gasteiger partial charge in [0, 0.05) is 18.9 Å². The van der Waals surface area contributed by atoms with Gasteiger partial charge >= 0.3 is 0 Å². The van der Waals surface area contributed by atoms with Crippen LogP contribution in [0, 0.1) is 46.8 Å². The summed E-state index contributed by atoms with van der Waals surface area (Å²) in [5.74, 6) is 4.83. The van der Waals surface area contributed by atoms with Gasteiger partial charge in [0.1, 0.15) is 5.78 Å². The summed E-state index contributed by atoms with van der Waals surface area (Å²) < 4.78 is 5.46. The molecule has 9 atom stereocenters. The van der Waals surface area contributed by atoms with E-state index >= 15 is 0 Å². The van der Waals surface area contributed by atoms with Crippen LogP contribution >= 0.6 is 0 Å². The van der Waals surface area contributed by atoms with E-state index in [-0.39, 0.29) is 11.3 Å². The fourth-order valence-corrected chi connectivity index (χ4v) is 8.25. The van der Waals surface area contributed by atoms with Crippen molar-refractivity contribution in [2.24, 2.45) is 46.8 Å². The molecule has 1 N–H and O–H groups in total. The summed E-state index contributed by atoms with van der Waals surface area (Å²) in [4.78, 5) is 12.2. The number of ether oxygens (including phenoxy) is 1. The summed E-state index contributed by atoms with van der Waals surface area (Å²) in [6.07, 6.45) is 9.59. The Morgan fingerprint density at radius 1 is 1.08 bits per heavy atom. The monoisotopic (exact) mass is 362 g/mol. The fourth-order valence-electron chi connectivity index (χ4n) is 8.25. The Morgan fingerprint density at radius 2 is 1.85 bits per heavy atom. The van der Waals surface area contributed by atoms with Gasteiger partial charge in [0.15, 0.2) is 0 Å². The zero-order valence-corrected chi connectivity index (χ0v) is 17.2. The number of fused-ring (bicyclic) bond motifs is 5. The molecule has 4 saturated carbocycles. The van der Waals surface area contributed by atoms with E-state index in [4.69, 9.17) is 4.74 Å². The molecule has 0 bridgehead atoms. The molecule has 0 spiro atoms. The first-order valence-corrected chi connectivity index (χ1v) is 11.0. The molecule has 0 saturated heterocycles. The van der Waals surface area contributed by atoms with E-state index in [9.17, 15) is 9.90 Å². The molecule has 0 radical (unpaired) electrons. The Labute approximate surface area is 159 Å². The van der Waals surface area contributed by atoms with Crippen LogP contribution in [-0.2, 0) is 9.53 Å². The van der Waals surface area contributed by atoms with Crippen molar-refractivity contribution in [3.63, 3.8) is 0 Å². The van der Waals surface area contributed by atoms with E-state index in [1.54, 1.807) is 7.11 Å². The van der Waals surface area contributed by atoms with Gasteiger partial charge in [0.05, 0.1) is 12.2 Å². The zero-order valence-electron chi connectivity index (χ0n) is 17.2. The first-order valence-electron chi connectivity index (χ1n) is 11.0. The highest BCUT2D eigenvalue weighted by molar-refractivity contribution is 5.79. The van der Waals surface area contributed by atoms with Crippen molar-refractivity contribution in [2.45, 2.75) is 77.7 Å². The van der Waals surface area contributed by atoms with Crippen LogP contribution in [0.2, 0.25) is 0 Å². The second-order valence-electron chi connectivity index (χ2n) is 10.7. The van der Waals surface area contributed by atoms with Crippen LogP contribution in [0.15, 0.2) is 0 Å². The Kier molecular flexibility index (Phi) is 4.79. The Balaban J connectivity index is 1.55. The Hall–Kier alpha value is -0.410. The summed E-state index contributed by atoms with van der Waals surface area (Å²) >= 11 is 0. The van der Waals surface area contributed by atoms with Gasteiger partial charge in [-0.05, 0) is 100 Å². The van der Waals surface area contributed by atoms with Crippen LogP contribution in [0.3, 0.4) is 0 Å². The molecule has 3 nitrogen and oxygen atoms in total. The first kappa shape index (κ1) is 18.9. The predicted molar refractivity (Wildman–Crippen MR) is 103 cm³/mol. The van der Waals surface area contributed by atoms with Crippen molar-refractivity contribution >= 4 is 5.78 Å². The van der Waals surface area contributed by atoms with E-state index in [1.165, 1.54) is 32.1 Å². The molecule has 148 valence electrons. The number of rotatable bonds is 3. The maximum Gasteiger partial charge on any atom is 0.133 e. The van der Waals surface area contributed by atoms with Crippen molar-refractivity contribution in [1.29, 1.82) is 0 Å². The molecule has 4 fully saturated rings. The number of carbonyl (C=O) groups excluding carboxylic acids is 1. The quantitative estimate of drug-likeness (QED) is 0.806. The number of hydrogen-bond donors (Lipinski definition) is 1. The lowest BCUT2D eigenvalue weighted by atomic mass is 9.48. The molecule has 0 aromatic rings. The van der Waals surface area contributed by atoms with Gasteiger partial charge in [-0.1, -0.05) is 6.92 Å². The van der Waals surface area contributed by atoms with Crippen molar-refractivity contribution in [3.05, 3.63) is 0 Å². The first-order chi connectivity index (χ1) is 12.3. The summed E-state index contributed by atoms with van der Waals surface area (Å²) in [7, 11) is 1.76. The lowest BCUT2D eigenvalue weighted by Crippen LogP contribution is -2.54. The maximum absolute atomic E-state index is 12.2. The van der Waals surface area contributed by atoms with E-state index in [1.807, 2.05) is 13.8 Å². The van der Waals surface area contributed by atoms with E-state index in [0.717, 1.165) is 42.9 Å². The van der Waals surface area contributed by atoms with Crippen LogP contribution in [0.25, 0.3) is 0 Å². The van der Waals surface area contributed by atoms with Crippen molar-refractivity contribution in [3.8, 4) is 0 Å². The second-order valence-corrected chi connectivity index (χ2v) is 10.7. The molecule has 0 aromatic heterocycles. The average molecular weight is 363 g/mol. The molecule has 4 rings (SSSR count). The van der Waals surface area contributed by atoms with Gasteiger partial charge in [-0.15, -0.1) is 0 Å². The molecular formula is C23H38O3.